The number of phosphoric ester groups is 2. The number of rotatable bonds is 84. The molecule has 0 aromatic heterocycles. The molecule has 0 aliphatic carbocycles. The van der Waals surface area contributed by atoms with Gasteiger partial charge in [-0.2, -0.15) is 0 Å². The van der Waals surface area contributed by atoms with Crippen molar-refractivity contribution in [2.45, 2.75) is 457 Å². The zero-order valence-electron chi connectivity index (χ0n) is 67.5. The Labute approximate surface area is 637 Å². The molecule has 0 aromatic carbocycles. The Balaban J connectivity index is 5.31. The number of esters is 4. The van der Waals surface area contributed by atoms with E-state index >= 15 is 0 Å². The average Bonchev–Trinajstić information content (AvgIpc) is 1.44. The monoisotopic (exact) mass is 1520 g/mol. The SMILES string of the molecule is CCCCCCCC/C=C\CCCCCCCC(=O)OC[C@H](COP(=O)(O)OCC(O)COP(=O)(O)OC[C@@H](COC(=O)CCCCCCC/C=C\CCCCCCCC)OC(=O)CCCCCCCCCCCCCCCCCCC)OC(=O)CCCCCCCCCCCCCCCCCCC. The van der Waals surface area contributed by atoms with Gasteiger partial charge in [0.05, 0.1) is 26.4 Å². The van der Waals surface area contributed by atoms with Gasteiger partial charge >= 0.3 is 39.5 Å². The average molecular weight is 1520 g/mol. The van der Waals surface area contributed by atoms with Crippen LogP contribution in [0.25, 0.3) is 0 Å². The zero-order valence-corrected chi connectivity index (χ0v) is 69.3. The molecule has 4 atom stereocenters. The molecule has 0 saturated carbocycles. The fourth-order valence-electron chi connectivity index (χ4n) is 12.7. The van der Waals surface area contributed by atoms with Gasteiger partial charge in [0.2, 0.25) is 0 Å². The van der Waals surface area contributed by atoms with Gasteiger partial charge in [-0.3, -0.25) is 37.3 Å². The van der Waals surface area contributed by atoms with Gasteiger partial charge in [0.25, 0.3) is 0 Å². The normalized spacial score (nSPS) is 13.9. The molecule has 0 aliphatic rings. The molecule has 0 saturated heterocycles. The highest BCUT2D eigenvalue weighted by atomic mass is 31.2. The highest BCUT2D eigenvalue weighted by Crippen LogP contribution is 2.45. The lowest BCUT2D eigenvalue weighted by Crippen LogP contribution is -2.30. The topological polar surface area (TPSA) is 237 Å². The molecule has 0 bridgehead atoms. The van der Waals surface area contributed by atoms with E-state index in [-0.39, 0.29) is 25.7 Å². The Hall–Kier alpha value is -2.46. The number of aliphatic hydroxyl groups excluding tert-OH is 1. The number of allylic oxidation sites excluding steroid dienone is 4. The molecule has 0 amide bonds. The number of hydrogen-bond donors (Lipinski definition) is 3. The molecular weight excluding hydrogens is 1350 g/mol. The lowest BCUT2D eigenvalue weighted by Gasteiger charge is -2.21. The molecule has 0 fully saturated rings. The summed E-state index contributed by atoms with van der Waals surface area (Å²) in [5, 5.41) is 10.7. The van der Waals surface area contributed by atoms with Gasteiger partial charge in [-0.15, -0.1) is 0 Å². The van der Waals surface area contributed by atoms with Gasteiger partial charge in [0.1, 0.15) is 19.3 Å². The summed E-state index contributed by atoms with van der Waals surface area (Å²) in [5.74, 6) is -2.13. The van der Waals surface area contributed by atoms with Crippen LogP contribution in [-0.4, -0.2) is 96.7 Å². The van der Waals surface area contributed by atoms with Crippen LogP contribution in [0.1, 0.15) is 439 Å². The third-order valence-corrected chi connectivity index (χ3v) is 21.3. The molecule has 17 nitrogen and oxygen atoms in total. The second kappa shape index (κ2) is 78.7. The molecule has 0 aromatic rings. The van der Waals surface area contributed by atoms with E-state index in [2.05, 4.69) is 52.0 Å². The van der Waals surface area contributed by atoms with Gasteiger partial charge in [-0.05, 0) is 77.0 Å². The molecule has 3 N–H and O–H groups in total. The quantitative estimate of drug-likeness (QED) is 0.0169. The summed E-state index contributed by atoms with van der Waals surface area (Å²) in [6.45, 7) is 5.00. The number of carbonyl (C=O) groups is 4. The zero-order chi connectivity index (χ0) is 76.0. The van der Waals surface area contributed by atoms with Crippen molar-refractivity contribution < 1.29 is 80.2 Å². The first-order chi connectivity index (χ1) is 50.7. The predicted molar refractivity (Wildman–Crippen MR) is 428 cm³/mol. The molecule has 0 rings (SSSR count). The smallest absolute Gasteiger partial charge is 0.462 e. The Morgan fingerprint density at radius 2 is 0.442 bits per heavy atom. The fourth-order valence-corrected chi connectivity index (χ4v) is 14.3. The summed E-state index contributed by atoms with van der Waals surface area (Å²) in [6.07, 6.45) is 75.6. The maximum absolute atomic E-state index is 13.1. The number of unbranched alkanes of at least 4 members (excludes halogenated alkanes) is 54. The van der Waals surface area contributed by atoms with Gasteiger partial charge in [0, 0.05) is 25.7 Å². The largest absolute Gasteiger partial charge is 0.472 e. The Morgan fingerprint density at radius 3 is 0.663 bits per heavy atom. The van der Waals surface area contributed by atoms with Gasteiger partial charge in [-0.1, -0.05) is 360 Å². The molecule has 0 radical (unpaired) electrons. The van der Waals surface area contributed by atoms with E-state index in [1.54, 1.807) is 0 Å². The molecule has 614 valence electrons. The maximum atomic E-state index is 13.1. The van der Waals surface area contributed by atoms with Crippen LogP contribution in [0.4, 0.5) is 0 Å². The Morgan fingerprint density at radius 1 is 0.260 bits per heavy atom. The first-order valence-corrected chi connectivity index (χ1v) is 46.6. The van der Waals surface area contributed by atoms with E-state index in [0.717, 1.165) is 128 Å². The molecular formula is C85H162O17P2. The summed E-state index contributed by atoms with van der Waals surface area (Å²) in [5.41, 5.74) is 0. The van der Waals surface area contributed by atoms with E-state index in [0.29, 0.717) is 25.7 Å². The summed E-state index contributed by atoms with van der Waals surface area (Å²) < 4.78 is 68.9. The van der Waals surface area contributed by atoms with Crippen LogP contribution in [0.15, 0.2) is 24.3 Å². The van der Waals surface area contributed by atoms with Crippen molar-refractivity contribution in [1.82, 2.24) is 0 Å². The molecule has 0 spiro atoms. The van der Waals surface area contributed by atoms with Crippen molar-refractivity contribution >= 4 is 39.5 Å². The maximum Gasteiger partial charge on any atom is 0.472 e. The summed E-state index contributed by atoms with van der Waals surface area (Å²) in [7, 11) is -9.94. The second-order valence-corrected chi connectivity index (χ2v) is 32.8. The van der Waals surface area contributed by atoms with E-state index in [4.69, 9.17) is 37.0 Å². The number of phosphoric acid groups is 2. The third kappa shape index (κ3) is 77.7. The van der Waals surface area contributed by atoms with Crippen molar-refractivity contribution in [2.24, 2.45) is 0 Å². The molecule has 0 heterocycles. The molecule has 2 unspecified atom stereocenters. The summed E-state index contributed by atoms with van der Waals surface area (Å²) in [6, 6.07) is 0. The number of hydrogen-bond acceptors (Lipinski definition) is 15. The van der Waals surface area contributed by atoms with E-state index in [1.165, 1.54) is 231 Å². The number of aliphatic hydroxyl groups is 1. The molecule has 104 heavy (non-hydrogen) atoms. The summed E-state index contributed by atoms with van der Waals surface area (Å²) >= 11 is 0. The number of ether oxygens (including phenoxy) is 4. The Bertz CT molecular complexity index is 1920. The van der Waals surface area contributed by atoms with Crippen LogP contribution in [-0.2, 0) is 65.4 Å². The van der Waals surface area contributed by atoms with Crippen molar-refractivity contribution in [1.29, 1.82) is 0 Å². The Kier molecular flexibility index (Phi) is 76.8. The first kappa shape index (κ1) is 102. The minimum Gasteiger partial charge on any atom is -0.462 e. The van der Waals surface area contributed by atoms with Gasteiger partial charge in [0.15, 0.2) is 12.2 Å². The van der Waals surface area contributed by atoms with E-state index in [1.807, 2.05) is 0 Å². The van der Waals surface area contributed by atoms with Crippen molar-refractivity contribution in [3.8, 4) is 0 Å². The summed E-state index contributed by atoms with van der Waals surface area (Å²) in [4.78, 5) is 73.2. The van der Waals surface area contributed by atoms with Crippen molar-refractivity contribution in [2.75, 3.05) is 39.6 Å². The van der Waals surface area contributed by atoms with E-state index in [9.17, 15) is 43.2 Å². The second-order valence-electron chi connectivity index (χ2n) is 29.8. The first-order valence-electron chi connectivity index (χ1n) is 43.6. The minimum absolute atomic E-state index is 0.104. The lowest BCUT2D eigenvalue weighted by molar-refractivity contribution is -0.161. The predicted octanol–water partition coefficient (Wildman–Crippen LogP) is 25.7. The number of carbonyl (C=O) groups excluding carboxylic acids is 4. The van der Waals surface area contributed by atoms with Crippen molar-refractivity contribution in [3.63, 3.8) is 0 Å². The highest BCUT2D eigenvalue weighted by molar-refractivity contribution is 7.47. The standard InChI is InChI=1S/C85H162O17P2/c1-5-9-13-17-21-25-29-33-37-39-43-47-51-55-59-63-67-71-84(89)101-80(75-95-82(87)69-65-61-57-53-49-45-41-35-31-27-23-19-15-11-7-3)77-99-103(91,92)97-73-79(86)74-98-104(93,94)100-78-81(76-96-83(88)70-66-62-58-54-50-46-42-36-32-28-24-20-16-12-8-4)102-85(90)72-68-64-60-56-52-48-44-40-38-34-30-26-22-18-14-10-6-2/h35-36,41-42,79-81,86H,5-34,37-40,43-78H2,1-4H3,(H,91,92)(H,93,94)/b41-35-,42-36-/t80-,81-/m1/s1. The lowest BCUT2D eigenvalue weighted by atomic mass is 10.0. The molecule has 0 aliphatic heterocycles. The van der Waals surface area contributed by atoms with Crippen LogP contribution in [0.5, 0.6) is 0 Å². The van der Waals surface area contributed by atoms with Gasteiger partial charge in [-0.25, -0.2) is 9.13 Å². The van der Waals surface area contributed by atoms with Crippen LogP contribution < -0.4 is 0 Å². The van der Waals surface area contributed by atoms with Gasteiger partial charge < -0.3 is 33.8 Å². The van der Waals surface area contributed by atoms with Crippen LogP contribution >= 0.6 is 15.6 Å². The van der Waals surface area contributed by atoms with Crippen LogP contribution in [0.3, 0.4) is 0 Å². The van der Waals surface area contributed by atoms with Crippen LogP contribution in [0.2, 0.25) is 0 Å². The van der Waals surface area contributed by atoms with Crippen molar-refractivity contribution in [3.05, 3.63) is 24.3 Å². The third-order valence-electron chi connectivity index (χ3n) is 19.4. The highest BCUT2D eigenvalue weighted by Gasteiger charge is 2.30. The van der Waals surface area contributed by atoms with E-state index < -0.39 is 97.5 Å². The molecule has 19 heteroatoms. The van der Waals surface area contributed by atoms with Crippen LogP contribution in [0, 0.1) is 0 Å². The fraction of sp³-hybridized carbons (Fsp3) is 0.906. The minimum atomic E-state index is -4.97.